The van der Waals surface area contributed by atoms with Crippen molar-refractivity contribution in [2.24, 2.45) is 0 Å². The zero-order valence-corrected chi connectivity index (χ0v) is 10.4. The average Bonchev–Trinajstić information content (AvgIpc) is 2.78. The lowest BCUT2D eigenvalue weighted by Crippen LogP contribution is -1.94. The molecular weight excluding hydrogens is 262 g/mol. The first-order chi connectivity index (χ1) is 8.11. The van der Waals surface area contributed by atoms with E-state index in [1.54, 1.807) is 6.07 Å². The molecule has 2 rings (SSSR count). The highest BCUT2D eigenvalue weighted by molar-refractivity contribution is 7.98. The highest BCUT2D eigenvalue weighted by Crippen LogP contribution is 2.30. The molecule has 0 saturated carbocycles. The van der Waals surface area contributed by atoms with Gasteiger partial charge in [-0.25, -0.2) is 4.79 Å². The zero-order chi connectivity index (χ0) is 12.4. The van der Waals surface area contributed by atoms with Gasteiger partial charge < -0.3 is 9.63 Å². The highest BCUT2D eigenvalue weighted by Gasteiger charge is 2.13. The number of nitrogens with zero attached hydrogens (tertiary/aromatic N) is 1. The maximum absolute atomic E-state index is 10.7. The Labute approximate surface area is 107 Å². The van der Waals surface area contributed by atoms with Gasteiger partial charge in [0, 0.05) is 16.5 Å². The fraction of sp³-hybridized carbons (Fsp3) is 0.0909. The minimum absolute atomic E-state index is 0.120. The molecule has 0 spiro atoms. The number of aromatic carboxylic acids is 1. The topological polar surface area (TPSA) is 63.3 Å². The van der Waals surface area contributed by atoms with Crippen molar-refractivity contribution in [2.75, 3.05) is 6.26 Å². The Kier molecular flexibility index (Phi) is 3.40. The maximum Gasteiger partial charge on any atom is 0.358 e. The van der Waals surface area contributed by atoms with E-state index in [2.05, 4.69) is 5.16 Å². The lowest BCUT2D eigenvalue weighted by atomic mass is 10.1. The average molecular weight is 270 g/mol. The van der Waals surface area contributed by atoms with E-state index in [0.717, 1.165) is 4.90 Å². The third kappa shape index (κ3) is 2.45. The molecule has 1 heterocycles. The summed E-state index contributed by atoms with van der Waals surface area (Å²) in [6.07, 6.45) is 1.93. The first-order valence-electron chi connectivity index (χ1n) is 4.65. The van der Waals surface area contributed by atoms with Gasteiger partial charge in [0.1, 0.15) is 0 Å². The van der Waals surface area contributed by atoms with Gasteiger partial charge in [0.2, 0.25) is 0 Å². The molecule has 0 fully saturated rings. The number of thioether (sulfide) groups is 1. The molecule has 0 bridgehead atoms. The van der Waals surface area contributed by atoms with Crippen molar-refractivity contribution in [3.05, 3.63) is 35.0 Å². The fourth-order valence-electron chi connectivity index (χ4n) is 1.33. The number of hydrogen-bond acceptors (Lipinski definition) is 4. The van der Waals surface area contributed by atoms with E-state index in [0.29, 0.717) is 16.3 Å². The van der Waals surface area contributed by atoms with Gasteiger partial charge in [-0.15, -0.1) is 11.8 Å². The van der Waals surface area contributed by atoms with E-state index in [1.807, 2.05) is 18.4 Å². The van der Waals surface area contributed by atoms with Gasteiger partial charge in [-0.2, -0.15) is 0 Å². The lowest BCUT2D eigenvalue weighted by molar-refractivity contribution is 0.0686. The van der Waals surface area contributed by atoms with Gasteiger partial charge in [0.15, 0.2) is 11.5 Å². The SMILES string of the molecule is CSc1ccc(-c2cc(C(=O)O)no2)cc1Cl. The summed E-state index contributed by atoms with van der Waals surface area (Å²) in [6.45, 7) is 0. The van der Waals surface area contributed by atoms with Crippen molar-refractivity contribution in [1.29, 1.82) is 0 Å². The van der Waals surface area contributed by atoms with Crippen LogP contribution in [0.15, 0.2) is 33.7 Å². The van der Waals surface area contributed by atoms with Crippen LogP contribution >= 0.6 is 23.4 Å². The maximum atomic E-state index is 10.7. The van der Waals surface area contributed by atoms with Gasteiger partial charge in [-0.1, -0.05) is 16.8 Å². The van der Waals surface area contributed by atoms with Crippen LogP contribution in [-0.4, -0.2) is 22.5 Å². The van der Waals surface area contributed by atoms with Crippen LogP contribution in [0.2, 0.25) is 5.02 Å². The number of rotatable bonds is 3. The molecule has 2 aromatic rings. The third-order valence-corrected chi connectivity index (χ3v) is 3.39. The highest BCUT2D eigenvalue weighted by atomic mass is 35.5. The number of halogens is 1. The van der Waals surface area contributed by atoms with Crippen molar-refractivity contribution >= 4 is 29.3 Å². The molecular formula is C11H8ClNO3S. The first-order valence-corrected chi connectivity index (χ1v) is 6.26. The van der Waals surface area contributed by atoms with Crippen molar-refractivity contribution in [2.45, 2.75) is 4.90 Å². The molecule has 1 N–H and O–H groups in total. The first kappa shape index (κ1) is 12.0. The van der Waals surface area contributed by atoms with Crippen molar-refractivity contribution in [1.82, 2.24) is 5.16 Å². The van der Waals surface area contributed by atoms with Gasteiger partial charge in [0.25, 0.3) is 0 Å². The Hall–Kier alpha value is -1.46. The molecule has 4 nitrogen and oxygen atoms in total. The molecule has 0 aliphatic rings. The standard InChI is InChI=1S/C11H8ClNO3S/c1-17-10-3-2-6(4-7(10)12)9-5-8(11(14)15)13-16-9/h2-5H,1H3,(H,14,15). The molecule has 0 radical (unpaired) electrons. The molecule has 88 valence electrons. The van der Waals surface area contributed by atoms with E-state index in [4.69, 9.17) is 21.2 Å². The van der Waals surface area contributed by atoms with E-state index in [1.165, 1.54) is 17.8 Å². The number of carboxylic acids is 1. The van der Waals surface area contributed by atoms with E-state index in [-0.39, 0.29) is 5.69 Å². The second-order valence-corrected chi connectivity index (χ2v) is 4.49. The fourth-order valence-corrected chi connectivity index (χ4v) is 2.20. The Morgan fingerprint density at radius 1 is 1.47 bits per heavy atom. The minimum atomic E-state index is -1.12. The van der Waals surface area contributed by atoms with E-state index in [9.17, 15) is 4.79 Å². The third-order valence-electron chi connectivity index (χ3n) is 2.17. The second-order valence-electron chi connectivity index (χ2n) is 3.23. The quantitative estimate of drug-likeness (QED) is 0.865. The molecule has 1 aromatic heterocycles. The van der Waals surface area contributed by atoms with Crippen molar-refractivity contribution in [3.63, 3.8) is 0 Å². The summed E-state index contributed by atoms with van der Waals surface area (Å²) in [5.74, 6) is -0.733. The summed E-state index contributed by atoms with van der Waals surface area (Å²) in [5, 5.41) is 12.8. The van der Waals surface area contributed by atoms with E-state index >= 15 is 0 Å². The van der Waals surface area contributed by atoms with Crippen LogP contribution in [0.3, 0.4) is 0 Å². The summed E-state index contributed by atoms with van der Waals surface area (Å²) in [5.41, 5.74) is 0.581. The van der Waals surface area contributed by atoms with Gasteiger partial charge >= 0.3 is 5.97 Å². The normalized spacial score (nSPS) is 10.5. The second kappa shape index (κ2) is 4.81. The smallest absolute Gasteiger partial charge is 0.358 e. The van der Waals surface area contributed by atoms with Gasteiger partial charge in [0.05, 0.1) is 5.02 Å². The van der Waals surface area contributed by atoms with Crippen LogP contribution in [0, 0.1) is 0 Å². The van der Waals surface area contributed by atoms with Crippen LogP contribution < -0.4 is 0 Å². The molecule has 0 saturated heterocycles. The number of carbonyl (C=O) groups is 1. The summed E-state index contributed by atoms with van der Waals surface area (Å²) in [6, 6.07) is 6.75. The van der Waals surface area contributed by atoms with Crippen molar-refractivity contribution < 1.29 is 14.4 Å². The molecule has 0 unspecified atom stereocenters. The zero-order valence-electron chi connectivity index (χ0n) is 8.81. The van der Waals surface area contributed by atoms with Crippen LogP contribution in [-0.2, 0) is 0 Å². The number of benzene rings is 1. The molecule has 1 aromatic carbocycles. The largest absolute Gasteiger partial charge is 0.476 e. The van der Waals surface area contributed by atoms with Crippen LogP contribution in [0.25, 0.3) is 11.3 Å². The summed E-state index contributed by atoms with van der Waals surface area (Å²) in [4.78, 5) is 11.6. The van der Waals surface area contributed by atoms with Crippen LogP contribution in [0.4, 0.5) is 0 Å². The molecule has 0 amide bonds. The number of hydrogen-bond donors (Lipinski definition) is 1. The summed E-state index contributed by atoms with van der Waals surface area (Å²) < 4.78 is 4.94. The molecule has 17 heavy (non-hydrogen) atoms. The van der Waals surface area contributed by atoms with Crippen LogP contribution in [0.1, 0.15) is 10.5 Å². The van der Waals surface area contributed by atoms with Crippen molar-refractivity contribution in [3.8, 4) is 11.3 Å². The Bertz CT molecular complexity index is 568. The lowest BCUT2D eigenvalue weighted by Gasteiger charge is -2.01. The van der Waals surface area contributed by atoms with Gasteiger partial charge in [-0.05, 0) is 24.5 Å². The van der Waals surface area contributed by atoms with Crippen LogP contribution in [0.5, 0.6) is 0 Å². The van der Waals surface area contributed by atoms with Gasteiger partial charge in [-0.3, -0.25) is 0 Å². The summed E-state index contributed by atoms with van der Waals surface area (Å²) >= 11 is 7.59. The number of aromatic nitrogens is 1. The Balaban J connectivity index is 2.39. The predicted octanol–water partition coefficient (Wildman–Crippen LogP) is 3.42. The Morgan fingerprint density at radius 3 is 2.76 bits per heavy atom. The molecule has 6 heteroatoms. The summed E-state index contributed by atoms with van der Waals surface area (Å²) in [7, 11) is 0. The van der Waals surface area contributed by atoms with E-state index < -0.39 is 5.97 Å². The predicted molar refractivity (Wildman–Crippen MR) is 65.7 cm³/mol. The molecule has 0 aliphatic heterocycles. The monoisotopic (exact) mass is 269 g/mol. The molecule has 0 atom stereocenters. The minimum Gasteiger partial charge on any atom is -0.476 e. The Morgan fingerprint density at radius 2 is 2.24 bits per heavy atom. The molecule has 0 aliphatic carbocycles. The number of carboxylic acid groups (broad SMARTS) is 1.